The van der Waals surface area contributed by atoms with Crippen LogP contribution in [0.4, 0.5) is 0 Å². The van der Waals surface area contributed by atoms with Crippen LogP contribution >= 0.6 is 0 Å². The molecule has 1 fully saturated rings. The SMILES string of the molecule is CC1(n2ccc3c2CCCC3N)CCC1. The summed E-state index contributed by atoms with van der Waals surface area (Å²) in [6.45, 7) is 2.39. The Morgan fingerprint density at radius 2 is 2.20 bits per heavy atom. The fourth-order valence-electron chi connectivity index (χ4n) is 3.16. The van der Waals surface area contributed by atoms with Crippen molar-refractivity contribution >= 4 is 0 Å². The Hall–Kier alpha value is -0.760. The van der Waals surface area contributed by atoms with Crippen molar-refractivity contribution in [2.75, 3.05) is 0 Å². The van der Waals surface area contributed by atoms with Crippen LogP contribution in [0.25, 0.3) is 0 Å². The highest BCUT2D eigenvalue weighted by Gasteiger charge is 2.36. The number of nitrogens with two attached hydrogens (primary N) is 1. The third kappa shape index (κ3) is 1.27. The van der Waals surface area contributed by atoms with E-state index in [1.54, 1.807) is 0 Å². The summed E-state index contributed by atoms with van der Waals surface area (Å²) in [7, 11) is 0. The van der Waals surface area contributed by atoms with Crippen molar-refractivity contribution in [3.8, 4) is 0 Å². The van der Waals surface area contributed by atoms with Crippen LogP contribution < -0.4 is 5.73 Å². The molecule has 0 bridgehead atoms. The minimum Gasteiger partial charge on any atom is -0.345 e. The molecule has 2 N–H and O–H groups in total. The molecule has 82 valence electrons. The van der Waals surface area contributed by atoms with Crippen LogP contribution in [-0.2, 0) is 12.0 Å². The maximum atomic E-state index is 6.15. The lowest BCUT2D eigenvalue weighted by Gasteiger charge is -2.42. The van der Waals surface area contributed by atoms with Gasteiger partial charge in [-0.05, 0) is 57.1 Å². The van der Waals surface area contributed by atoms with Gasteiger partial charge in [-0.2, -0.15) is 0 Å². The first-order valence-electron chi connectivity index (χ1n) is 6.17. The Labute approximate surface area is 91.5 Å². The van der Waals surface area contributed by atoms with E-state index in [2.05, 4.69) is 23.8 Å². The predicted molar refractivity (Wildman–Crippen MR) is 61.8 cm³/mol. The van der Waals surface area contributed by atoms with Gasteiger partial charge in [0.2, 0.25) is 0 Å². The van der Waals surface area contributed by atoms with Crippen LogP contribution in [0.1, 0.15) is 56.3 Å². The average molecular weight is 204 g/mol. The van der Waals surface area contributed by atoms with E-state index in [4.69, 9.17) is 5.73 Å². The summed E-state index contributed by atoms with van der Waals surface area (Å²) >= 11 is 0. The molecular weight excluding hydrogens is 184 g/mol. The van der Waals surface area contributed by atoms with Gasteiger partial charge in [0.15, 0.2) is 0 Å². The van der Waals surface area contributed by atoms with Gasteiger partial charge in [0, 0.05) is 23.5 Å². The molecule has 2 nitrogen and oxygen atoms in total. The second-order valence-corrected chi connectivity index (χ2v) is 5.44. The molecule has 15 heavy (non-hydrogen) atoms. The number of hydrogen-bond donors (Lipinski definition) is 1. The zero-order valence-electron chi connectivity index (χ0n) is 9.50. The fourth-order valence-corrected chi connectivity index (χ4v) is 3.16. The van der Waals surface area contributed by atoms with Crippen molar-refractivity contribution in [1.29, 1.82) is 0 Å². The zero-order chi connectivity index (χ0) is 10.5. The monoisotopic (exact) mass is 204 g/mol. The summed E-state index contributed by atoms with van der Waals surface area (Å²) in [6, 6.07) is 2.54. The quantitative estimate of drug-likeness (QED) is 0.749. The van der Waals surface area contributed by atoms with Crippen molar-refractivity contribution in [1.82, 2.24) is 4.57 Å². The number of nitrogens with zero attached hydrogens (tertiary/aromatic N) is 1. The van der Waals surface area contributed by atoms with Crippen molar-refractivity contribution in [2.24, 2.45) is 5.73 Å². The van der Waals surface area contributed by atoms with Gasteiger partial charge < -0.3 is 10.3 Å². The van der Waals surface area contributed by atoms with E-state index in [0.29, 0.717) is 11.6 Å². The molecule has 2 heteroatoms. The minimum atomic E-state index is 0.290. The van der Waals surface area contributed by atoms with Crippen LogP contribution in [0.3, 0.4) is 0 Å². The summed E-state index contributed by atoms with van der Waals surface area (Å²) in [6.07, 6.45) is 9.98. The normalized spacial score (nSPS) is 28.3. The van der Waals surface area contributed by atoms with Gasteiger partial charge in [-0.25, -0.2) is 0 Å². The van der Waals surface area contributed by atoms with E-state index in [-0.39, 0.29) is 0 Å². The molecule has 0 amide bonds. The van der Waals surface area contributed by atoms with E-state index in [1.807, 2.05) is 0 Å². The van der Waals surface area contributed by atoms with Gasteiger partial charge in [0.05, 0.1) is 0 Å². The molecular formula is C13H20N2. The highest BCUT2D eigenvalue weighted by atomic mass is 15.1. The lowest BCUT2D eigenvalue weighted by molar-refractivity contribution is 0.163. The molecule has 0 saturated heterocycles. The predicted octanol–water partition coefficient (Wildman–Crippen LogP) is 2.72. The molecule has 3 rings (SSSR count). The molecule has 1 saturated carbocycles. The summed E-state index contributed by atoms with van der Waals surface area (Å²) in [5.41, 5.74) is 9.49. The molecule has 1 heterocycles. The molecule has 1 atom stereocenters. The molecule has 1 aromatic heterocycles. The first-order chi connectivity index (χ1) is 7.21. The lowest BCUT2D eigenvalue weighted by Crippen LogP contribution is -2.38. The largest absolute Gasteiger partial charge is 0.345 e. The molecule has 1 unspecified atom stereocenters. The number of rotatable bonds is 1. The van der Waals surface area contributed by atoms with Crippen LogP contribution in [-0.4, -0.2) is 4.57 Å². The number of fused-ring (bicyclic) bond motifs is 1. The minimum absolute atomic E-state index is 0.290. The third-order valence-corrected chi connectivity index (χ3v) is 4.37. The highest BCUT2D eigenvalue weighted by molar-refractivity contribution is 5.30. The van der Waals surface area contributed by atoms with Crippen LogP contribution in [0.15, 0.2) is 12.3 Å². The van der Waals surface area contributed by atoms with Crippen molar-refractivity contribution in [3.05, 3.63) is 23.5 Å². The molecule has 0 spiro atoms. The van der Waals surface area contributed by atoms with E-state index in [9.17, 15) is 0 Å². The van der Waals surface area contributed by atoms with Gasteiger partial charge in [-0.3, -0.25) is 0 Å². The van der Waals surface area contributed by atoms with Gasteiger partial charge in [-0.15, -0.1) is 0 Å². The lowest BCUT2D eigenvalue weighted by atomic mass is 9.77. The number of hydrogen-bond acceptors (Lipinski definition) is 1. The molecule has 2 aliphatic carbocycles. The summed E-state index contributed by atoms with van der Waals surface area (Å²) in [4.78, 5) is 0. The first kappa shape index (κ1) is 9.46. The standard InChI is InChI=1S/C13H20N2/c1-13(7-3-8-13)15-9-6-10-11(14)4-2-5-12(10)15/h6,9,11H,2-5,7-8,14H2,1H3. The Bertz CT molecular complexity index is 374. The van der Waals surface area contributed by atoms with E-state index in [1.165, 1.54) is 43.4 Å². The van der Waals surface area contributed by atoms with Crippen LogP contribution in [0.5, 0.6) is 0 Å². The first-order valence-corrected chi connectivity index (χ1v) is 6.17. The summed E-state index contributed by atoms with van der Waals surface area (Å²) < 4.78 is 2.52. The smallest absolute Gasteiger partial charge is 0.0414 e. The average Bonchev–Trinajstić information content (AvgIpc) is 2.60. The summed E-state index contributed by atoms with van der Waals surface area (Å²) in [5, 5.41) is 0. The van der Waals surface area contributed by atoms with Crippen molar-refractivity contribution in [2.45, 2.75) is 57.0 Å². The third-order valence-electron chi connectivity index (χ3n) is 4.37. The Kier molecular flexibility index (Phi) is 1.96. The van der Waals surface area contributed by atoms with Gasteiger partial charge in [-0.1, -0.05) is 0 Å². The van der Waals surface area contributed by atoms with Gasteiger partial charge in [0.25, 0.3) is 0 Å². The zero-order valence-corrected chi connectivity index (χ0v) is 9.50. The second kappa shape index (κ2) is 3.11. The second-order valence-electron chi connectivity index (χ2n) is 5.44. The van der Waals surface area contributed by atoms with E-state index < -0.39 is 0 Å². The van der Waals surface area contributed by atoms with Crippen LogP contribution in [0.2, 0.25) is 0 Å². The summed E-state index contributed by atoms with van der Waals surface area (Å²) in [5.74, 6) is 0. The number of aromatic nitrogens is 1. The molecule has 0 aliphatic heterocycles. The van der Waals surface area contributed by atoms with Crippen LogP contribution in [0, 0.1) is 0 Å². The Morgan fingerprint density at radius 3 is 2.87 bits per heavy atom. The van der Waals surface area contributed by atoms with Gasteiger partial charge >= 0.3 is 0 Å². The molecule has 0 radical (unpaired) electrons. The van der Waals surface area contributed by atoms with Crippen molar-refractivity contribution in [3.63, 3.8) is 0 Å². The fraction of sp³-hybridized carbons (Fsp3) is 0.692. The van der Waals surface area contributed by atoms with E-state index in [0.717, 1.165) is 6.42 Å². The molecule has 0 aromatic carbocycles. The maximum Gasteiger partial charge on any atom is 0.0414 e. The van der Waals surface area contributed by atoms with E-state index >= 15 is 0 Å². The Morgan fingerprint density at radius 1 is 1.40 bits per heavy atom. The maximum absolute atomic E-state index is 6.15. The molecule has 2 aliphatic rings. The van der Waals surface area contributed by atoms with Crippen molar-refractivity contribution < 1.29 is 0 Å². The molecule has 1 aromatic rings. The van der Waals surface area contributed by atoms with Gasteiger partial charge in [0.1, 0.15) is 0 Å². The Balaban J connectivity index is 2.03. The highest BCUT2D eigenvalue weighted by Crippen LogP contribution is 2.42. The topological polar surface area (TPSA) is 30.9 Å².